The average Bonchev–Trinajstić information content (AvgIpc) is 2.45. The van der Waals surface area contributed by atoms with Gasteiger partial charge in [-0.15, -0.1) is 0 Å². The maximum absolute atomic E-state index is 10.8. The zero-order valence-corrected chi connectivity index (χ0v) is 8.88. The molecule has 4 heteroatoms. The number of fused-ring (bicyclic) bond motifs is 1. The molecule has 0 fully saturated rings. The Hall–Kier alpha value is -0.731. The fraction of sp³-hybridized carbons (Fsp3) is 0.444. The Morgan fingerprint density at radius 3 is 2.69 bits per heavy atom. The molecular formula is C9H11NO2Se. The van der Waals surface area contributed by atoms with Gasteiger partial charge in [0, 0.05) is 0 Å². The van der Waals surface area contributed by atoms with Crippen LogP contribution in [0.3, 0.4) is 0 Å². The number of hydrogen-bond acceptors (Lipinski definition) is 2. The van der Waals surface area contributed by atoms with E-state index in [0.717, 1.165) is 24.8 Å². The summed E-state index contributed by atoms with van der Waals surface area (Å²) in [4.78, 5) is 10.8. The second-order valence-corrected chi connectivity index (χ2v) is 5.58. The summed E-state index contributed by atoms with van der Waals surface area (Å²) in [5.74, 6) is -0.827. The molecule has 0 saturated heterocycles. The molecule has 70 valence electrons. The molecule has 0 radical (unpaired) electrons. The third kappa shape index (κ3) is 1.40. The van der Waals surface area contributed by atoms with Crippen molar-refractivity contribution in [1.82, 2.24) is 0 Å². The molecule has 1 aromatic rings. The van der Waals surface area contributed by atoms with Crippen molar-refractivity contribution >= 4 is 26.2 Å². The molecule has 0 spiro atoms. The molecule has 0 atom stereocenters. The molecule has 0 aromatic carbocycles. The van der Waals surface area contributed by atoms with Crippen LogP contribution in [-0.2, 0) is 12.8 Å². The van der Waals surface area contributed by atoms with Crippen molar-refractivity contribution in [1.29, 1.82) is 0 Å². The number of aromatic carboxylic acids is 1. The van der Waals surface area contributed by atoms with Crippen LogP contribution in [0.1, 0.15) is 32.1 Å². The first kappa shape index (κ1) is 8.85. The summed E-state index contributed by atoms with van der Waals surface area (Å²) in [6.45, 7) is 0. The summed E-state index contributed by atoms with van der Waals surface area (Å²) in [7, 11) is 0. The zero-order chi connectivity index (χ0) is 9.42. The van der Waals surface area contributed by atoms with E-state index in [9.17, 15) is 4.79 Å². The van der Waals surface area contributed by atoms with Gasteiger partial charge in [0.15, 0.2) is 0 Å². The monoisotopic (exact) mass is 245 g/mol. The fourth-order valence-corrected chi connectivity index (χ4v) is 4.16. The van der Waals surface area contributed by atoms with Gasteiger partial charge in [-0.1, -0.05) is 0 Å². The van der Waals surface area contributed by atoms with Crippen LogP contribution in [0.25, 0.3) is 0 Å². The second kappa shape index (κ2) is 3.20. The molecule has 3 N–H and O–H groups in total. The number of nitrogens with two attached hydrogens (primary N) is 1. The van der Waals surface area contributed by atoms with Crippen molar-refractivity contribution in [2.75, 3.05) is 5.73 Å². The third-order valence-electron chi connectivity index (χ3n) is 2.41. The van der Waals surface area contributed by atoms with Gasteiger partial charge in [-0.25, -0.2) is 0 Å². The normalized spacial score (nSPS) is 15.4. The van der Waals surface area contributed by atoms with Crippen LogP contribution in [-0.4, -0.2) is 25.6 Å². The van der Waals surface area contributed by atoms with Gasteiger partial charge in [0.1, 0.15) is 0 Å². The average molecular weight is 244 g/mol. The van der Waals surface area contributed by atoms with E-state index in [1.807, 2.05) is 0 Å². The molecule has 3 nitrogen and oxygen atoms in total. The summed E-state index contributed by atoms with van der Waals surface area (Å²) in [5.41, 5.74) is 7.52. The molecule has 2 rings (SSSR count). The molecule has 0 saturated carbocycles. The Kier molecular flexibility index (Phi) is 2.18. The number of carbonyl (C=O) groups is 1. The van der Waals surface area contributed by atoms with Crippen LogP contribution < -0.4 is 5.73 Å². The Labute approximate surface area is 82.3 Å². The van der Waals surface area contributed by atoms with Gasteiger partial charge in [-0.05, 0) is 0 Å². The second-order valence-electron chi connectivity index (χ2n) is 3.26. The Morgan fingerprint density at radius 1 is 1.38 bits per heavy atom. The van der Waals surface area contributed by atoms with Crippen molar-refractivity contribution in [2.24, 2.45) is 0 Å². The number of carboxylic acid groups (broad SMARTS) is 1. The number of anilines is 1. The SMILES string of the molecule is Nc1c(C(=O)O)[se]c2c1CCCC2. The van der Waals surface area contributed by atoms with Crippen LogP contribution in [0, 0.1) is 0 Å². The predicted octanol–water partition coefficient (Wildman–Crippen LogP) is 0.903. The van der Waals surface area contributed by atoms with Gasteiger partial charge < -0.3 is 0 Å². The van der Waals surface area contributed by atoms with Crippen molar-refractivity contribution in [2.45, 2.75) is 25.7 Å². The maximum atomic E-state index is 10.8. The molecule has 0 aliphatic heterocycles. The summed E-state index contributed by atoms with van der Waals surface area (Å²) in [6.07, 6.45) is 4.40. The van der Waals surface area contributed by atoms with Crippen molar-refractivity contribution in [3.8, 4) is 0 Å². The fourth-order valence-electron chi connectivity index (χ4n) is 1.75. The van der Waals surface area contributed by atoms with E-state index in [0.29, 0.717) is 10.1 Å². The van der Waals surface area contributed by atoms with E-state index in [-0.39, 0.29) is 14.5 Å². The molecule has 1 aliphatic rings. The standard InChI is InChI=1S/C9H11NO2Se/c10-7-5-3-1-2-4-6(5)13-8(7)9(11)12/h1-4,10H2,(H,11,12). The summed E-state index contributed by atoms with van der Waals surface area (Å²) in [6, 6.07) is 0. The number of rotatable bonds is 1. The zero-order valence-electron chi connectivity index (χ0n) is 7.17. The van der Waals surface area contributed by atoms with Crippen LogP contribution >= 0.6 is 0 Å². The molecule has 13 heavy (non-hydrogen) atoms. The molecule has 0 amide bonds. The van der Waals surface area contributed by atoms with Gasteiger partial charge in [0.2, 0.25) is 0 Å². The van der Waals surface area contributed by atoms with Crippen LogP contribution in [0.2, 0.25) is 0 Å². The van der Waals surface area contributed by atoms with Crippen LogP contribution in [0.4, 0.5) is 5.69 Å². The minimum atomic E-state index is -0.827. The first-order valence-corrected chi connectivity index (χ1v) is 6.04. The number of aryl methyl sites for hydroxylation is 1. The van der Waals surface area contributed by atoms with Gasteiger partial charge >= 0.3 is 81.9 Å². The molecule has 1 heterocycles. The van der Waals surface area contributed by atoms with Gasteiger partial charge in [0.25, 0.3) is 0 Å². The Balaban J connectivity index is 2.50. The summed E-state index contributed by atoms with van der Waals surface area (Å²) >= 11 is 0.00562. The van der Waals surface area contributed by atoms with Gasteiger partial charge in [0.05, 0.1) is 0 Å². The Morgan fingerprint density at radius 2 is 2.08 bits per heavy atom. The summed E-state index contributed by atoms with van der Waals surface area (Å²) in [5, 5.41) is 8.88. The molecule has 0 bridgehead atoms. The van der Waals surface area contributed by atoms with Crippen LogP contribution in [0.15, 0.2) is 0 Å². The summed E-state index contributed by atoms with van der Waals surface area (Å²) < 4.78 is 1.80. The first-order chi connectivity index (χ1) is 6.20. The van der Waals surface area contributed by atoms with E-state index in [4.69, 9.17) is 10.8 Å². The van der Waals surface area contributed by atoms with E-state index < -0.39 is 5.97 Å². The van der Waals surface area contributed by atoms with Crippen molar-refractivity contribution in [3.05, 3.63) is 14.4 Å². The van der Waals surface area contributed by atoms with Crippen molar-refractivity contribution < 1.29 is 9.90 Å². The Bertz CT molecular complexity index is 357. The van der Waals surface area contributed by atoms with Gasteiger partial charge in [-0.3, -0.25) is 0 Å². The first-order valence-electron chi connectivity index (χ1n) is 4.33. The molecular weight excluding hydrogens is 233 g/mol. The number of carboxylic acids is 1. The number of nitrogen functional groups attached to an aromatic ring is 1. The third-order valence-corrected chi connectivity index (χ3v) is 5.12. The molecule has 1 aliphatic carbocycles. The van der Waals surface area contributed by atoms with Crippen molar-refractivity contribution in [3.63, 3.8) is 0 Å². The van der Waals surface area contributed by atoms with E-state index >= 15 is 0 Å². The van der Waals surface area contributed by atoms with Gasteiger partial charge in [-0.2, -0.15) is 0 Å². The predicted molar refractivity (Wildman–Crippen MR) is 51.4 cm³/mol. The quantitative estimate of drug-likeness (QED) is 0.721. The van der Waals surface area contributed by atoms with E-state index in [2.05, 4.69) is 0 Å². The van der Waals surface area contributed by atoms with Crippen LogP contribution in [0.5, 0.6) is 0 Å². The molecule has 1 aromatic heterocycles. The topological polar surface area (TPSA) is 63.3 Å². The minimum absolute atomic E-state index is 0.00562. The molecule has 0 unspecified atom stereocenters. The van der Waals surface area contributed by atoms with E-state index in [1.165, 1.54) is 10.9 Å². The number of hydrogen-bond donors (Lipinski definition) is 2. The van der Waals surface area contributed by atoms with E-state index in [1.54, 1.807) is 0 Å².